The minimum atomic E-state index is -1.08. The number of hydrogen-bond donors (Lipinski definition) is 1. The van der Waals surface area contributed by atoms with Gasteiger partial charge in [-0.05, 0) is 12.1 Å². The number of carboxylic acids is 1. The molecule has 5 heteroatoms. The van der Waals surface area contributed by atoms with Gasteiger partial charge in [0.25, 0.3) is 0 Å². The van der Waals surface area contributed by atoms with Crippen LogP contribution in [0.5, 0.6) is 0 Å². The van der Waals surface area contributed by atoms with Gasteiger partial charge in [-0.15, -0.1) is 0 Å². The summed E-state index contributed by atoms with van der Waals surface area (Å²) < 4.78 is 14.8. The molecule has 1 aromatic heterocycles. The summed E-state index contributed by atoms with van der Waals surface area (Å²) in [6, 6.07) is 2.56. The van der Waals surface area contributed by atoms with Crippen molar-refractivity contribution in [3.05, 3.63) is 34.7 Å². The van der Waals surface area contributed by atoms with Gasteiger partial charge in [0.15, 0.2) is 0 Å². The van der Waals surface area contributed by atoms with Crippen LogP contribution in [0.1, 0.15) is 10.4 Å². The fraction of sp³-hybridized carbons (Fsp3) is 0.100. The van der Waals surface area contributed by atoms with Crippen molar-refractivity contribution in [2.75, 3.05) is 0 Å². The second-order valence-electron chi connectivity index (χ2n) is 3.24. The number of nitrogens with zero attached hydrogens (tertiary/aromatic N) is 1. The van der Waals surface area contributed by atoms with Crippen molar-refractivity contribution in [2.45, 2.75) is 0 Å². The highest BCUT2D eigenvalue weighted by Gasteiger charge is 2.14. The van der Waals surface area contributed by atoms with Crippen LogP contribution in [-0.4, -0.2) is 15.6 Å². The van der Waals surface area contributed by atoms with Crippen LogP contribution in [0, 0.1) is 5.82 Å². The van der Waals surface area contributed by atoms with Crippen molar-refractivity contribution in [1.82, 2.24) is 4.57 Å². The Labute approximate surface area is 89.7 Å². The molecule has 1 aromatic carbocycles. The molecule has 0 aliphatic rings. The number of aromatic nitrogens is 1. The van der Waals surface area contributed by atoms with E-state index in [0.29, 0.717) is 10.9 Å². The molecule has 3 nitrogen and oxygen atoms in total. The Kier molecular flexibility index (Phi) is 2.16. The molecule has 0 amide bonds. The van der Waals surface area contributed by atoms with E-state index in [0.717, 1.165) is 6.07 Å². The van der Waals surface area contributed by atoms with Gasteiger partial charge < -0.3 is 9.67 Å². The van der Waals surface area contributed by atoms with Crippen molar-refractivity contribution < 1.29 is 14.3 Å². The lowest BCUT2D eigenvalue weighted by molar-refractivity contribution is 0.0699. The second kappa shape index (κ2) is 3.24. The molecule has 0 fully saturated rings. The van der Waals surface area contributed by atoms with Crippen LogP contribution in [0.2, 0.25) is 5.02 Å². The zero-order valence-corrected chi connectivity index (χ0v) is 8.55. The lowest BCUT2D eigenvalue weighted by Gasteiger charge is -1.98. The van der Waals surface area contributed by atoms with Gasteiger partial charge in [-0.1, -0.05) is 11.6 Å². The molecule has 0 radical (unpaired) electrons. The lowest BCUT2D eigenvalue weighted by atomic mass is 10.2. The van der Waals surface area contributed by atoms with Crippen molar-refractivity contribution >= 4 is 28.5 Å². The summed E-state index contributed by atoms with van der Waals surface area (Å²) in [4.78, 5) is 10.9. The smallest absolute Gasteiger partial charge is 0.337 e. The number of rotatable bonds is 1. The first-order chi connectivity index (χ1) is 7.00. The molecule has 0 unspecified atom stereocenters. The van der Waals surface area contributed by atoms with Crippen LogP contribution >= 0.6 is 11.6 Å². The van der Waals surface area contributed by atoms with Gasteiger partial charge in [0, 0.05) is 18.6 Å². The zero-order valence-electron chi connectivity index (χ0n) is 7.79. The van der Waals surface area contributed by atoms with Crippen LogP contribution in [0.4, 0.5) is 4.39 Å². The first-order valence-electron chi connectivity index (χ1n) is 4.18. The largest absolute Gasteiger partial charge is 0.478 e. The Morgan fingerprint density at radius 1 is 1.53 bits per heavy atom. The maximum Gasteiger partial charge on any atom is 0.337 e. The third-order valence-electron chi connectivity index (χ3n) is 2.26. The molecule has 0 aliphatic heterocycles. The molecule has 1 N–H and O–H groups in total. The maximum atomic E-state index is 13.2. The summed E-state index contributed by atoms with van der Waals surface area (Å²) in [6.45, 7) is 0. The summed E-state index contributed by atoms with van der Waals surface area (Å²) in [6.07, 6.45) is 1.43. The van der Waals surface area contributed by atoms with E-state index >= 15 is 0 Å². The van der Waals surface area contributed by atoms with Gasteiger partial charge in [-0.3, -0.25) is 0 Å². The molecule has 0 saturated carbocycles. The van der Waals surface area contributed by atoms with E-state index in [4.69, 9.17) is 16.7 Å². The minimum Gasteiger partial charge on any atom is -0.478 e. The standard InChI is InChI=1S/C10H7ClFNO2/c1-13-4-6(10(14)15)5-2-8(12)7(11)3-9(5)13/h2-4H,1H3,(H,14,15). The highest BCUT2D eigenvalue weighted by atomic mass is 35.5. The van der Waals surface area contributed by atoms with Gasteiger partial charge >= 0.3 is 5.97 Å². The van der Waals surface area contributed by atoms with E-state index in [9.17, 15) is 9.18 Å². The molecule has 15 heavy (non-hydrogen) atoms. The van der Waals surface area contributed by atoms with E-state index < -0.39 is 11.8 Å². The Morgan fingerprint density at radius 3 is 2.80 bits per heavy atom. The van der Waals surface area contributed by atoms with E-state index in [1.807, 2.05) is 0 Å². The number of aromatic carboxylic acids is 1. The molecular weight excluding hydrogens is 221 g/mol. The average molecular weight is 228 g/mol. The number of aryl methyl sites for hydroxylation is 1. The summed E-state index contributed by atoms with van der Waals surface area (Å²) in [5.41, 5.74) is 0.668. The van der Waals surface area contributed by atoms with Crippen LogP contribution in [0.15, 0.2) is 18.3 Å². The Morgan fingerprint density at radius 2 is 2.20 bits per heavy atom. The average Bonchev–Trinajstić information content (AvgIpc) is 2.45. The lowest BCUT2D eigenvalue weighted by Crippen LogP contribution is -1.94. The minimum absolute atomic E-state index is 0.0133. The van der Waals surface area contributed by atoms with Gasteiger partial charge in [-0.25, -0.2) is 9.18 Å². The number of halogens is 2. The van der Waals surface area contributed by atoms with Crippen molar-refractivity contribution in [2.24, 2.45) is 7.05 Å². The third-order valence-corrected chi connectivity index (χ3v) is 2.55. The highest BCUT2D eigenvalue weighted by Crippen LogP contribution is 2.26. The molecule has 0 spiro atoms. The summed E-state index contributed by atoms with van der Waals surface area (Å²) >= 11 is 5.61. The fourth-order valence-corrected chi connectivity index (χ4v) is 1.70. The summed E-state index contributed by atoms with van der Waals surface area (Å²) in [7, 11) is 1.68. The molecule has 78 valence electrons. The van der Waals surface area contributed by atoms with E-state index in [1.165, 1.54) is 12.3 Å². The quantitative estimate of drug-likeness (QED) is 0.814. The predicted molar refractivity (Wildman–Crippen MR) is 54.8 cm³/mol. The first kappa shape index (κ1) is 9.98. The Balaban J connectivity index is 2.88. The SMILES string of the molecule is Cn1cc(C(=O)O)c2cc(F)c(Cl)cc21. The Bertz CT molecular complexity index is 562. The number of hydrogen-bond acceptors (Lipinski definition) is 1. The van der Waals surface area contributed by atoms with E-state index in [1.54, 1.807) is 11.6 Å². The van der Waals surface area contributed by atoms with Crippen molar-refractivity contribution in [3.63, 3.8) is 0 Å². The van der Waals surface area contributed by atoms with Crippen LogP contribution < -0.4 is 0 Å². The monoisotopic (exact) mass is 227 g/mol. The van der Waals surface area contributed by atoms with Crippen LogP contribution in [-0.2, 0) is 7.05 Å². The van der Waals surface area contributed by atoms with Gasteiger partial charge in [0.1, 0.15) is 5.82 Å². The fourth-order valence-electron chi connectivity index (χ4n) is 1.55. The second-order valence-corrected chi connectivity index (χ2v) is 3.65. The van der Waals surface area contributed by atoms with Gasteiger partial charge in [0.2, 0.25) is 0 Å². The van der Waals surface area contributed by atoms with Gasteiger partial charge in [0.05, 0.1) is 16.1 Å². The topological polar surface area (TPSA) is 42.2 Å². The highest BCUT2D eigenvalue weighted by molar-refractivity contribution is 6.31. The molecule has 0 bridgehead atoms. The first-order valence-corrected chi connectivity index (χ1v) is 4.56. The molecule has 0 atom stereocenters. The van der Waals surface area contributed by atoms with E-state index in [-0.39, 0.29) is 10.6 Å². The molecule has 0 aliphatic carbocycles. The normalized spacial score (nSPS) is 10.9. The van der Waals surface area contributed by atoms with Crippen LogP contribution in [0.3, 0.4) is 0 Å². The molecule has 0 saturated heterocycles. The van der Waals surface area contributed by atoms with Crippen molar-refractivity contribution in [3.8, 4) is 0 Å². The van der Waals surface area contributed by atoms with Crippen LogP contribution in [0.25, 0.3) is 10.9 Å². The number of carboxylic acid groups (broad SMARTS) is 1. The number of benzene rings is 1. The molecule has 1 heterocycles. The van der Waals surface area contributed by atoms with Gasteiger partial charge in [-0.2, -0.15) is 0 Å². The zero-order chi connectivity index (χ0) is 11.2. The third kappa shape index (κ3) is 1.47. The Hall–Kier alpha value is -1.55. The summed E-state index contributed by atoms with van der Waals surface area (Å²) in [5, 5.41) is 9.23. The maximum absolute atomic E-state index is 13.2. The number of carbonyl (C=O) groups is 1. The molecular formula is C10H7ClFNO2. The van der Waals surface area contributed by atoms with E-state index in [2.05, 4.69) is 0 Å². The number of fused-ring (bicyclic) bond motifs is 1. The van der Waals surface area contributed by atoms with Crippen molar-refractivity contribution in [1.29, 1.82) is 0 Å². The predicted octanol–water partition coefficient (Wildman–Crippen LogP) is 2.67. The summed E-state index contributed by atoms with van der Waals surface area (Å²) in [5.74, 6) is -1.69. The molecule has 2 rings (SSSR count). The molecule has 2 aromatic rings.